The Hall–Kier alpha value is -2.08. The van der Waals surface area contributed by atoms with Crippen LogP contribution in [0.15, 0.2) is 24.3 Å². The van der Waals surface area contributed by atoms with E-state index in [2.05, 4.69) is 16.0 Å². The lowest BCUT2D eigenvalue weighted by Crippen LogP contribution is -2.61. The zero-order valence-electron chi connectivity index (χ0n) is 15.5. The number of anilines is 1. The van der Waals surface area contributed by atoms with Crippen molar-refractivity contribution < 1.29 is 14.3 Å². The molecule has 0 radical (unpaired) electrons. The summed E-state index contributed by atoms with van der Waals surface area (Å²) in [6.07, 6.45) is 6.45. The summed E-state index contributed by atoms with van der Waals surface area (Å²) >= 11 is 0. The van der Waals surface area contributed by atoms with Crippen LogP contribution in [0, 0.1) is 6.92 Å². The standard InChI is InChI=1S/C20H29N3O3/c1-15-8-3-4-10-17(15)22-19(25)23-20(11-5-2-6-12-20)18(24)21-14-16-9-7-13-26-16/h3-4,8,10,16H,2,5-7,9,11-14H2,1H3,(H,21,24)(H2,22,23,25)/t16-/m0/s1. The highest BCUT2D eigenvalue weighted by atomic mass is 16.5. The van der Waals surface area contributed by atoms with Gasteiger partial charge in [0.15, 0.2) is 0 Å². The summed E-state index contributed by atoms with van der Waals surface area (Å²) in [6, 6.07) is 7.29. The topological polar surface area (TPSA) is 79.5 Å². The third-order valence-electron chi connectivity index (χ3n) is 5.40. The van der Waals surface area contributed by atoms with Gasteiger partial charge >= 0.3 is 6.03 Å². The predicted molar refractivity (Wildman–Crippen MR) is 101 cm³/mol. The minimum Gasteiger partial charge on any atom is -0.376 e. The summed E-state index contributed by atoms with van der Waals surface area (Å²) < 4.78 is 5.58. The van der Waals surface area contributed by atoms with Gasteiger partial charge in [0.2, 0.25) is 5.91 Å². The molecule has 0 bridgehead atoms. The molecule has 1 saturated heterocycles. The van der Waals surface area contributed by atoms with Gasteiger partial charge in [0.1, 0.15) is 5.54 Å². The number of carbonyl (C=O) groups excluding carboxylic acids is 2. The van der Waals surface area contributed by atoms with Crippen molar-refractivity contribution in [1.29, 1.82) is 0 Å². The molecule has 3 amide bonds. The van der Waals surface area contributed by atoms with E-state index in [-0.39, 0.29) is 18.0 Å². The van der Waals surface area contributed by atoms with Crippen LogP contribution >= 0.6 is 0 Å². The van der Waals surface area contributed by atoms with E-state index < -0.39 is 5.54 Å². The van der Waals surface area contributed by atoms with Gasteiger partial charge in [-0.25, -0.2) is 4.79 Å². The van der Waals surface area contributed by atoms with E-state index in [0.717, 1.165) is 50.0 Å². The molecule has 1 heterocycles. The maximum absolute atomic E-state index is 12.9. The Balaban J connectivity index is 1.63. The second kappa shape index (κ2) is 8.54. The number of hydrogen-bond acceptors (Lipinski definition) is 3. The summed E-state index contributed by atoms with van der Waals surface area (Å²) in [5.41, 5.74) is 0.919. The molecular formula is C20H29N3O3. The van der Waals surface area contributed by atoms with E-state index in [9.17, 15) is 9.59 Å². The van der Waals surface area contributed by atoms with Crippen molar-refractivity contribution in [2.24, 2.45) is 0 Å². The SMILES string of the molecule is Cc1ccccc1NC(=O)NC1(C(=O)NC[C@@H]2CCCO2)CCCCC1. The normalized spacial score (nSPS) is 21.8. The monoisotopic (exact) mass is 359 g/mol. The van der Waals surface area contributed by atoms with Gasteiger partial charge in [0.05, 0.1) is 6.10 Å². The van der Waals surface area contributed by atoms with Gasteiger partial charge < -0.3 is 20.7 Å². The third-order valence-corrected chi connectivity index (χ3v) is 5.40. The van der Waals surface area contributed by atoms with Crippen LogP contribution in [0.5, 0.6) is 0 Å². The van der Waals surface area contributed by atoms with E-state index in [4.69, 9.17) is 4.74 Å². The van der Waals surface area contributed by atoms with Crippen LogP contribution in [0.1, 0.15) is 50.5 Å². The van der Waals surface area contributed by atoms with Gasteiger partial charge in [-0.05, 0) is 44.2 Å². The maximum Gasteiger partial charge on any atom is 0.320 e. The summed E-state index contributed by atoms with van der Waals surface area (Å²) in [7, 11) is 0. The fourth-order valence-corrected chi connectivity index (χ4v) is 3.83. The number of rotatable bonds is 5. The summed E-state index contributed by atoms with van der Waals surface area (Å²) in [5, 5.41) is 8.87. The van der Waals surface area contributed by atoms with Gasteiger partial charge in [-0.1, -0.05) is 37.5 Å². The van der Waals surface area contributed by atoms with Crippen LogP contribution in [0.3, 0.4) is 0 Å². The molecule has 1 saturated carbocycles. The van der Waals surface area contributed by atoms with Crippen LogP contribution in [-0.4, -0.2) is 36.7 Å². The number of para-hydroxylation sites is 1. The lowest BCUT2D eigenvalue weighted by atomic mass is 9.81. The van der Waals surface area contributed by atoms with Gasteiger partial charge in [0, 0.05) is 18.8 Å². The van der Waals surface area contributed by atoms with Crippen molar-refractivity contribution in [2.45, 2.75) is 63.5 Å². The van der Waals surface area contributed by atoms with Gasteiger partial charge in [-0.2, -0.15) is 0 Å². The molecule has 0 unspecified atom stereocenters. The average molecular weight is 359 g/mol. The molecule has 1 aromatic carbocycles. The third kappa shape index (κ3) is 4.55. The molecule has 1 aliphatic carbocycles. The van der Waals surface area contributed by atoms with Crippen LogP contribution in [0.25, 0.3) is 0 Å². The number of aryl methyl sites for hydroxylation is 1. The Bertz CT molecular complexity index is 635. The molecule has 0 aromatic heterocycles. The molecule has 26 heavy (non-hydrogen) atoms. The van der Waals surface area contributed by atoms with Crippen LogP contribution < -0.4 is 16.0 Å². The number of hydrogen-bond donors (Lipinski definition) is 3. The maximum atomic E-state index is 12.9. The average Bonchev–Trinajstić information content (AvgIpc) is 3.16. The van der Waals surface area contributed by atoms with Crippen LogP contribution in [-0.2, 0) is 9.53 Å². The lowest BCUT2D eigenvalue weighted by molar-refractivity contribution is -0.129. The first-order chi connectivity index (χ1) is 12.6. The van der Waals surface area contributed by atoms with Crippen molar-refractivity contribution >= 4 is 17.6 Å². The van der Waals surface area contributed by atoms with Crippen molar-refractivity contribution in [3.8, 4) is 0 Å². The molecule has 1 aliphatic heterocycles. The number of nitrogens with one attached hydrogen (secondary N) is 3. The number of urea groups is 1. The fourth-order valence-electron chi connectivity index (χ4n) is 3.83. The van der Waals surface area contributed by atoms with Gasteiger partial charge in [-0.15, -0.1) is 0 Å². The smallest absolute Gasteiger partial charge is 0.320 e. The molecule has 6 heteroatoms. The molecule has 1 aromatic rings. The summed E-state index contributed by atoms with van der Waals surface area (Å²) in [6.45, 7) is 3.23. The fraction of sp³-hybridized carbons (Fsp3) is 0.600. The first-order valence-corrected chi connectivity index (χ1v) is 9.64. The first-order valence-electron chi connectivity index (χ1n) is 9.64. The molecule has 2 aliphatic rings. The van der Waals surface area contributed by atoms with Crippen molar-refractivity contribution in [3.63, 3.8) is 0 Å². The summed E-state index contributed by atoms with van der Waals surface area (Å²) in [4.78, 5) is 25.5. The second-order valence-electron chi connectivity index (χ2n) is 7.38. The number of ether oxygens (including phenoxy) is 1. The van der Waals surface area contributed by atoms with E-state index in [1.807, 2.05) is 31.2 Å². The highest BCUT2D eigenvalue weighted by Gasteiger charge is 2.41. The van der Waals surface area contributed by atoms with Crippen molar-refractivity contribution in [3.05, 3.63) is 29.8 Å². The molecular weight excluding hydrogens is 330 g/mol. The van der Waals surface area contributed by atoms with Crippen molar-refractivity contribution in [2.75, 3.05) is 18.5 Å². The Morgan fingerprint density at radius 3 is 2.62 bits per heavy atom. The van der Waals surface area contributed by atoms with Gasteiger partial charge in [0.25, 0.3) is 0 Å². The minimum absolute atomic E-state index is 0.0902. The molecule has 0 spiro atoms. The second-order valence-corrected chi connectivity index (χ2v) is 7.38. The highest BCUT2D eigenvalue weighted by Crippen LogP contribution is 2.29. The number of benzene rings is 1. The number of amides is 3. The lowest BCUT2D eigenvalue weighted by Gasteiger charge is -2.36. The number of carbonyl (C=O) groups is 2. The van der Waals surface area contributed by atoms with Gasteiger partial charge in [-0.3, -0.25) is 4.79 Å². The van der Waals surface area contributed by atoms with E-state index in [1.165, 1.54) is 0 Å². The Labute approximate surface area is 155 Å². The molecule has 2 fully saturated rings. The molecule has 3 rings (SSSR count). The van der Waals surface area contributed by atoms with E-state index >= 15 is 0 Å². The Kier molecular flexibility index (Phi) is 6.14. The van der Waals surface area contributed by atoms with Crippen molar-refractivity contribution in [1.82, 2.24) is 10.6 Å². The highest BCUT2D eigenvalue weighted by molar-refractivity contribution is 5.96. The van der Waals surface area contributed by atoms with E-state index in [1.54, 1.807) is 0 Å². The predicted octanol–water partition coefficient (Wildman–Crippen LogP) is 3.11. The van der Waals surface area contributed by atoms with Crippen LogP contribution in [0.2, 0.25) is 0 Å². The Morgan fingerprint density at radius 1 is 1.15 bits per heavy atom. The molecule has 1 atom stereocenters. The Morgan fingerprint density at radius 2 is 1.92 bits per heavy atom. The van der Waals surface area contributed by atoms with E-state index in [0.29, 0.717) is 19.4 Å². The minimum atomic E-state index is -0.830. The molecule has 142 valence electrons. The first kappa shape index (κ1) is 18.7. The zero-order valence-corrected chi connectivity index (χ0v) is 15.5. The largest absolute Gasteiger partial charge is 0.376 e. The quantitative estimate of drug-likeness (QED) is 0.756. The molecule has 6 nitrogen and oxygen atoms in total. The zero-order chi connectivity index (χ0) is 18.4. The summed E-state index contributed by atoms with van der Waals surface area (Å²) in [5.74, 6) is -0.0902. The van der Waals surface area contributed by atoms with Crippen LogP contribution in [0.4, 0.5) is 10.5 Å². The molecule has 3 N–H and O–H groups in total.